The van der Waals surface area contributed by atoms with E-state index in [1.165, 1.54) is 32.1 Å². The van der Waals surface area contributed by atoms with E-state index in [0.717, 1.165) is 29.4 Å². The van der Waals surface area contributed by atoms with Crippen molar-refractivity contribution in [2.24, 2.45) is 5.92 Å². The number of benzene rings is 1. The van der Waals surface area contributed by atoms with Crippen LogP contribution in [0.2, 0.25) is 0 Å². The molecule has 0 aromatic heterocycles. The molecule has 20 heavy (non-hydrogen) atoms. The van der Waals surface area contributed by atoms with Gasteiger partial charge in [0.05, 0.1) is 19.8 Å². The summed E-state index contributed by atoms with van der Waals surface area (Å²) in [7, 11) is 5.48. The Balaban J connectivity index is 2.21. The summed E-state index contributed by atoms with van der Waals surface area (Å²) >= 11 is 0. The Morgan fingerprint density at radius 1 is 1.10 bits per heavy atom. The second-order valence-corrected chi connectivity index (χ2v) is 5.66. The molecule has 3 heteroatoms. The van der Waals surface area contributed by atoms with Crippen molar-refractivity contribution >= 4 is 0 Å². The van der Waals surface area contributed by atoms with Crippen LogP contribution in [0, 0.1) is 5.92 Å². The van der Waals surface area contributed by atoms with E-state index in [0.29, 0.717) is 6.04 Å². The van der Waals surface area contributed by atoms with E-state index in [4.69, 9.17) is 9.47 Å². The monoisotopic (exact) mass is 277 g/mol. The minimum Gasteiger partial charge on any atom is -0.496 e. The fourth-order valence-electron chi connectivity index (χ4n) is 3.36. The van der Waals surface area contributed by atoms with Crippen LogP contribution in [-0.2, 0) is 0 Å². The van der Waals surface area contributed by atoms with Crippen molar-refractivity contribution in [3.8, 4) is 11.5 Å². The molecule has 1 atom stereocenters. The molecule has 1 aliphatic carbocycles. The lowest BCUT2D eigenvalue weighted by Crippen LogP contribution is -2.22. The summed E-state index contributed by atoms with van der Waals surface area (Å²) in [4.78, 5) is 0. The first-order valence-corrected chi connectivity index (χ1v) is 7.68. The Bertz CT molecular complexity index is 391. The average molecular weight is 277 g/mol. The van der Waals surface area contributed by atoms with Crippen LogP contribution in [-0.4, -0.2) is 21.3 Å². The quantitative estimate of drug-likeness (QED) is 0.854. The number of hydrogen-bond acceptors (Lipinski definition) is 3. The van der Waals surface area contributed by atoms with E-state index in [-0.39, 0.29) is 0 Å². The molecule has 2 rings (SSSR count). The third-order valence-corrected chi connectivity index (χ3v) is 4.46. The molecule has 0 saturated heterocycles. The standard InChI is InChI=1S/C17H27NO2/c1-18-14(12-13-8-5-4-6-9-13)17-15(19-2)10-7-11-16(17)20-3/h7,10-11,13-14,18H,4-6,8-9,12H2,1-3H3. The van der Waals surface area contributed by atoms with Gasteiger partial charge in [-0.15, -0.1) is 0 Å². The van der Waals surface area contributed by atoms with Crippen LogP contribution in [0.3, 0.4) is 0 Å². The molecule has 0 heterocycles. The van der Waals surface area contributed by atoms with Crippen LogP contribution in [0.1, 0.15) is 50.1 Å². The number of rotatable bonds is 6. The van der Waals surface area contributed by atoms with Gasteiger partial charge < -0.3 is 14.8 Å². The molecular formula is C17H27NO2. The van der Waals surface area contributed by atoms with Crippen LogP contribution in [0.5, 0.6) is 11.5 Å². The van der Waals surface area contributed by atoms with Gasteiger partial charge in [-0.05, 0) is 31.5 Å². The van der Waals surface area contributed by atoms with Crippen molar-refractivity contribution in [1.82, 2.24) is 5.32 Å². The van der Waals surface area contributed by atoms with E-state index < -0.39 is 0 Å². The lowest BCUT2D eigenvalue weighted by Gasteiger charge is -2.28. The zero-order valence-corrected chi connectivity index (χ0v) is 12.9. The van der Waals surface area contributed by atoms with Crippen molar-refractivity contribution in [2.45, 2.75) is 44.6 Å². The topological polar surface area (TPSA) is 30.5 Å². The normalized spacial score (nSPS) is 17.8. The molecule has 1 fully saturated rings. The molecule has 1 unspecified atom stereocenters. The second kappa shape index (κ2) is 7.53. The molecule has 0 spiro atoms. The fraction of sp³-hybridized carbons (Fsp3) is 0.647. The lowest BCUT2D eigenvalue weighted by molar-refractivity contribution is 0.295. The zero-order valence-electron chi connectivity index (χ0n) is 12.9. The number of nitrogens with one attached hydrogen (secondary N) is 1. The highest BCUT2D eigenvalue weighted by molar-refractivity contribution is 5.47. The van der Waals surface area contributed by atoms with Crippen molar-refractivity contribution in [1.29, 1.82) is 0 Å². The summed E-state index contributed by atoms with van der Waals surface area (Å²) < 4.78 is 11.1. The van der Waals surface area contributed by atoms with Crippen molar-refractivity contribution in [3.63, 3.8) is 0 Å². The van der Waals surface area contributed by atoms with Gasteiger partial charge in [-0.1, -0.05) is 38.2 Å². The maximum absolute atomic E-state index is 5.54. The third kappa shape index (κ3) is 3.45. The molecule has 1 N–H and O–H groups in total. The number of ether oxygens (including phenoxy) is 2. The number of methoxy groups -OCH3 is 2. The molecule has 0 bridgehead atoms. The fourth-order valence-corrected chi connectivity index (χ4v) is 3.36. The van der Waals surface area contributed by atoms with E-state index in [1.54, 1.807) is 14.2 Å². The van der Waals surface area contributed by atoms with Gasteiger partial charge in [0.25, 0.3) is 0 Å². The lowest BCUT2D eigenvalue weighted by atomic mass is 9.83. The van der Waals surface area contributed by atoms with E-state index in [2.05, 4.69) is 5.32 Å². The third-order valence-electron chi connectivity index (χ3n) is 4.46. The highest BCUT2D eigenvalue weighted by Crippen LogP contribution is 2.39. The molecule has 0 radical (unpaired) electrons. The van der Waals surface area contributed by atoms with Crippen LogP contribution >= 0.6 is 0 Å². The van der Waals surface area contributed by atoms with Crippen LogP contribution < -0.4 is 14.8 Å². The Kier molecular flexibility index (Phi) is 5.72. The van der Waals surface area contributed by atoms with Gasteiger partial charge in [-0.2, -0.15) is 0 Å². The summed E-state index contributed by atoms with van der Waals surface area (Å²) in [5.74, 6) is 2.65. The molecule has 3 nitrogen and oxygen atoms in total. The minimum atomic E-state index is 0.296. The van der Waals surface area contributed by atoms with Gasteiger partial charge in [-0.3, -0.25) is 0 Å². The minimum absolute atomic E-state index is 0.296. The van der Waals surface area contributed by atoms with Gasteiger partial charge in [0.2, 0.25) is 0 Å². The first-order chi connectivity index (χ1) is 9.80. The summed E-state index contributed by atoms with van der Waals surface area (Å²) in [6.45, 7) is 0. The van der Waals surface area contributed by atoms with Crippen LogP contribution in [0.4, 0.5) is 0 Å². The summed E-state index contributed by atoms with van der Waals surface area (Å²) in [5, 5.41) is 3.46. The van der Waals surface area contributed by atoms with Gasteiger partial charge in [0.15, 0.2) is 0 Å². The molecule has 1 saturated carbocycles. The smallest absolute Gasteiger partial charge is 0.127 e. The van der Waals surface area contributed by atoms with E-state index in [1.807, 2.05) is 25.2 Å². The first kappa shape index (κ1) is 15.2. The SMILES string of the molecule is CNC(CC1CCCCC1)c1c(OC)cccc1OC. The second-order valence-electron chi connectivity index (χ2n) is 5.66. The predicted octanol–water partition coefficient (Wildman–Crippen LogP) is 3.93. The molecule has 0 aliphatic heterocycles. The van der Waals surface area contributed by atoms with E-state index in [9.17, 15) is 0 Å². The first-order valence-electron chi connectivity index (χ1n) is 7.68. The van der Waals surface area contributed by atoms with Gasteiger partial charge in [-0.25, -0.2) is 0 Å². The largest absolute Gasteiger partial charge is 0.496 e. The summed E-state index contributed by atoms with van der Waals surface area (Å²) in [6.07, 6.45) is 8.03. The van der Waals surface area contributed by atoms with Gasteiger partial charge >= 0.3 is 0 Å². The highest BCUT2D eigenvalue weighted by atomic mass is 16.5. The molecule has 1 aliphatic rings. The molecular weight excluding hydrogens is 250 g/mol. The molecule has 1 aromatic carbocycles. The van der Waals surface area contributed by atoms with Crippen LogP contribution in [0.15, 0.2) is 18.2 Å². The Hall–Kier alpha value is -1.22. The van der Waals surface area contributed by atoms with Crippen molar-refractivity contribution in [2.75, 3.05) is 21.3 Å². The Morgan fingerprint density at radius 3 is 2.20 bits per heavy atom. The summed E-state index contributed by atoms with van der Waals surface area (Å²) in [6, 6.07) is 6.31. The van der Waals surface area contributed by atoms with Crippen LogP contribution in [0.25, 0.3) is 0 Å². The maximum Gasteiger partial charge on any atom is 0.127 e. The number of hydrogen-bond donors (Lipinski definition) is 1. The van der Waals surface area contributed by atoms with Gasteiger partial charge in [0.1, 0.15) is 11.5 Å². The Labute approximate surface area is 122 Å². The zero-order chi connectivity index (χ0) is 14.4. The van der Waals surface area contributed by atoms with E-state index >= 15 is 0 Å². The molecule has 112 valence electrons. The highest BCUT2D eigenvalue weighted by Gasteiger charge is 2.24. The molecule has 0 amide bonds. The summed E-state index contributed by atoms with van der Waals surface area (Å²) in [5.41, 5.74) is 1.16. The van der Waals surface area contributed by atoms with Gasteiger partial charge in [0, 0.05) is 6.04 Å². The van der Waals surface area contributed by atoms with Crippen molar-refractivity contribution < 1.29 is 9.47 Å². The Morgan fingerprint density at radius 2 is 1.70 bits per heavy atom. The average Bonchev–Trinajstić information content (AvgIpc) is 2.52. The molecule has 1 aromatic rings. The predicted molar refractivity (Wildman–Crippen MR) is 82.5 cm³/mol. The maximum atomic E-state index is 5.54. The van der Waals surface area contributed by atoms with Crippen molar-refractivity contribution in [3.05, 3.63) is 23.8 Å².